The summed E-state index contributed by atoms with van der Waals surface area (Å²) in [5.41, 5.74) is 1.08. The molecule has 124 valence electrons. The first kappa shape index (κ1) is 17.1. The Bertz CT molecular complexity index is 745. The SMILES string of the molecule is O=C(/C=C/c1ccccc1F)NCCNc1ccc([N+](=O)[O-])cc1. The van der Waals surface area contributed by atoms with E-state index in [9.17, 15) is 19.3 Å². The van der Waals surface area contributed by atoms with Gasteiger partial charge < -0.3 is 10.6 Å². The number of anilines is 1. The van der Waals surface area contributed by atoms with Crippen molar-refractivity contribution >= 4 is 23.4 Å². The van der Waals surface area contributed by atoms with Gasteiger partial charge in [-0.3, -0.25) is 14.9 Å². The molecule has 0 heterocycles. The van der Waals surface area contributed by atoms with Crippen molar-refractivity contribution in [3.05, 3.63) is 76.1 Å². The first-order valence-electron chi connectivity index (χ1n) is 7.25. The first-order valence-corrected chi connectivity index (χ1v) is 7.25. The van der Waals surface area contributed by atoms with Gasteiger partial charge >= 0.3 is 0 Å². The zero-order valence-electron chi connectivity index (χ0n) is 12.7. The average Bonchev–Trinajstić information content (AvgIpc) is 2.58. The number of rotatable bonds is 7. The summed E-state index contributed by atoms with van der Waals surface area (Å²) in [5.74, 6) is -0.717. The van der Waals surface area contributed by atoms with Crippen LogP contribution in [0, 0.1) is 15.9 Å². The third kappa shape index (κ3) is 5.20. The fourth-order valence-corrected chi connectivity index (χ4v) is 1.93. The van der Waals surface area contributed by atoms with Crippen LogP contribution in [0.15, 0.2) is 54.6 Å². The fourth-order valence-electron chi connectivity index (χ4n) is 1.93. The number of benzene rings is 2. The molecule has 0 radical (unpaired) electrons. The second-order valence-corrected chi connectivity index (χ2v) is 4.88. The molecule has 1 amide bonds. The highest BCUT2D eigenvalue weighted by Crippen LogP contribution is 2.14. The number of nitro benzene ring substituents is 1. The summed E-state index contributed by atoms with van der Waals surface area (Å²) in [6, 6.07) is 12.2. The second-order valence-electron chi connectivity index (χ2n) is 4.88. The summed E-state index contributed by atoms with van der Waals surface area (Å²) < 4.78 is 13.4. The molecule has 2 aromatic carbocycles. The van der Waals surface area contributed by atoms with Gasteiger partial charge in [-0.25, -0.2) is 4.39 Å². The molecule has 0 bridgehead atoms. The molecule has 2 rings (SSSR count). The first-order chi connectivity index (χ1) is 11.6. The van der Waals surface area contributed by atoms with E-state index in [1.807, 2.05) is 0 Å². The van der Waals surface area contributed by atoms with E-state index >= 15 is 0 Å². The van der Waals surface area contributed by atoms with E-state index in [1.54, 1.807) is 30.3 Å². The molecule has 2 aromatic rings. The lowest BCUT2D eigenvalue weighted by molar-refractivity contribution is -0.384. The van der Waals surface area contributed by atoms with Gasteiger partial charge in [-0.1, -0.05) is 18.2 Å². The molecule has 0 unspecified atom stereocenters. The molecule has 0 saturated heterocycles. The van der Waals surface area contributed by atoms with Crippen molar-refractivity contribution in [3.8, 4) is 0 Å². The third-order valence-corrected chi connectivity index (χ3v) is 3.15. The number of carbonyl (C=O) groups excluding carboxylic acids is 1. The molecule has 0 aromatic heterocycles. The molecule has 7 heteroatoms. The lowest BCUT2D eigenvalue weighted by Gasteiger charge is -2.06. The van der Waals surface area contributed by atoms with Crippen LogP contribution in [0.3, 0.4) is 0 Å². The van der Waals surface area contributed by atoms with Crippen molar-refractivity contribution in [2.24, 2.45) is 0 Å². The van der Waals surface area contributed by atoms with Crippen LogP contribution in [-0.2, 0) is 4.79 Å². The normalized spacial score (nSPS) is 10.5. The lowest BCUT2D eigenvalue weighted by atomic mass is 10.2. The fraction of sp³-hybridized carbons (Fsp3) is 0.118. The summed E-state index contributed by atoms with van der Waals surface area (Å²) >= 11 is 0. The number of carbonyl (C=O) groups is 1. The van der Waals surface area contributed by atoms with Crippen LogP contribution >= 0.6 is 0 Å². The summed E-state index contributed by atoms with van der Waals surface area (Å²) in [6.07, 6.45) is 2.68. The zero-order chi connectivity index (χ0) is 17.4. The number of nitrogens with one attached hydrogen (secondary N) is 2. The predicted molar refractivity (Wildman–Crippen MR) is 90.0 cm³/mol. The molecule has 0 saturated carbocycles. The number of nitrogens with zero attached hydrogens (tertiary/aromatic N) is 1. The standard InChI is InChI=1S/C17H16FN3O3/c18-16-4-2-1-3-13(16)5-10-17(22)20-12-11-19-14-6-8-15(9-7-14)21(23)24/h1-10,19H,11-12H2,(H,20,22)/b10-5+. The maximum absolute atomic E-state index is 13.4. The largest absolute Gasteiger partial charge is 0.383 e. The van der Waals surface area contributed by atoms with Gasteiger partial charge in [0, 0.05) is 42.5 Å². The van der Waals surface area contributed by atoms with Crippen LogP contribution in [0.4, 0.5) is 15.8 Å². The summed E-state index contributed by atoms with van der Waals surface area (Å²) in [5, 5.41) is 16.2. The van der Waals surface area contributed by atoms with Gasteiger partial charge in [0.15, 0.2) is 0 Å². The number of non-ortho nitro benzene ring substituents is 1. The number of amides is 1. The number of nitro groups is 1. The zero-order valence-corrected chi connectivity index (χ0v) is 12.7. The third-order valence-electron chi connectivity index (χ3n) is 3.15. The van der Waals surface area contributed by atoms with Gasteiger partial charge in [-0.15, -0.1) is 0 Å². The summed E-state index contributed by atoms with van der Waals surface area (Å²) in [6.45, 7) is 0.814. The highest BCUT2D eigenvalue weighted by molar-refractivity contribution is 5.91. The molecule has 6 nitrogen and oxygen atoms in total. The van der Waals surface area contributed by atoms with Gasteiger partial charge in [-0.2, -0.15) is 0 Å². The van der Waals surface area contributed by atoms with Crippen molar-refractivity contribution in [2.45, 2.75) is 0 Å². The van der Waals surface area contributed by atoms with Crippen LogP contribution in [0.1, 0.15) is 5.56 Å². The highest BCUT2D eigenvalue weighted by atomic mass is 19.1. The van der Waals surface area contributed by atoms with E-state index in [0.29, 0.717) is 18.7 Å². The van der Waals surface area contributed by atoms with Crippen molar-refractivity contribution in [1.29, 1.82) is 0 Å². The molecule has 0 aliphatic rings. The Hall–Kier alpha value is -3.22. The van der Waals surface area contributed by atoms with Crippen LogP contribution in [0.5, 0.6) is 0 Å². The second kappa shape index (κ2) is 8.42. The topological polar surface area (TPSA) is 84.3 Å². The minimum absolute atomic E-state index is 0.0205. The van der Waals surface area contributed by atoms with E-state index in [-0.39, 0.29) is 17.4 Å². The van der Waals surface area contributed by atoms with Gasteiger partial charge in [-0.05, 0) is 24.3 Å². The smallest absolute Gasteiger partial charge is 0.269 e. The minimum Gasteiger partial charge on any atom is -0.383 e. The molecule has 0 aliphatic heterocycles. The van der Waals surface area contributed by atoms with Crippen molar-refractivity contribution in [1.82, 2.24) is 5.32 Å². The summed E-state index contributed by atoms with van der Waals surface area (Å²) in [4.78, 5) is 21.7. The molecule has 24 heavy (non-hydrogen) atoms. The maximum atomic E-state index is 13.4. The van der Waals surface area contributed by atoms with E-state index in [4.69, 9.17) is 0 Å². The Labute approximate surface area is 138 Å². The Kier molecular flexibility index (Phi) is 6.01. The van der Waals surface area contributed by atoms with Gasteiger partial charge in [0.05, 0.1) is 4.92 Å². The van der Waals surface area contributed by atoms with Crippen LogP contribution in [0.25, 0.3) is 6.08 Å². The molecule has 0 spiro atoms. The Morgan fingerprint density at radius 2 is 1.83 bits per heavy atom. The Morgan fingerprint density at radius 3 is 2.50 bits per heavy atom. The molecule has 2 N–H and O–H groups in total. The Balaban J connectivity index is 1.73. The molecule has 0 aliphatic carbocycles. The lowest BCUT2D eigenvalue weighted by Crippen LogP contribution is -2.27. The number of halogens is 1. The van der Waals surface area contributed by atoms with Crippen molar-refractivity contribution < 1.29 is 14.1 Å². The van der Waals surface area contributed by atoms with Gasteiger partial charge in [0.1, 0.15) is 5.82 Å². The average molecular weight is 329 g/mol. The Morgan fingerprint density at radius 1 is 1.12 bits per heavy atom. The molecular formula is C17H16FN3O3. The predicted octanol–water partition coefficient (Wildman–Crippen LogP) is 2.98. The van der Waals surface area contributed by atoms with E-state index in [1.165, 1.54) is 30.4 Å². The summed E-state index contributed by atoms with van der Waals surface area (Å²) in [7, 11) is 0. The van der Waals surface area contributed by atoms with E-state index in [0.717, 1.165) is 5.69 Å². The number of hydrogen-bond acceptors (Lipinski definition) is 4. The van der Waals surface area contributed by atoms with Gasteiger partial charge in [0.25, 0.3) is 5.69 Å². The van der Waals surface area contributed by atoms with E-state index < -0.39 is 4.92 Å². The number of hydrogen-bond donors (Lipinski definition) is 2. The highest BCUT2D eigenvalue weighted by Gasteiger charge is 2.03. The molecule has 0 atom stereocenters. The molecular weight excluding hydrogens is 313 g/mol. The van der Waals surface area contributed by atoms with E-state index in [2.05, 4.69) is 10.6 Å². The van der Waals surface area contributed by atoms with Crippen molar-refractivity contribution in [2.75, 3.05) is 18.4 Å². The molecule has 0 fully saturated rings. The maximum Gasteiger partial charge on any atom is 0.269 e. The monoisotopic (exact) mass is 329 g/mol. The van der Waals surface area contributed by atoms with Crippen molar-refractivity contribution in [3.63, 3.8) is 0 Å². The van der Waals surface area contributed by atoms with Crippen LogP contribution in [0.2, 0.25) is 0 Å². The quantitative estimate of drug-likeness (QED) is 0.354. The van der Waals surface area contributed by atoms with Crippen LogP contribution in [-0.4, -0.2) is 23.9 Å². The van der Waals surface area contributed by atoms with Crippen LogP contribution < -0.4 is 10.6 Å². The van der Waals surface area contributed by atoms with Gasteiger partial charge in [0.2, 0.25) is 5.91 Å². The minimum atomic E-state index is -0.466.